The van der Waals surface area contributed by atoms with E-state index >= 15 is 0 Å². The Balaban J connectivity index is -0.0000000875. The van der Waals surface area contributed by atoms with Crippen LogP contribution in [-0.4, -0.2) is 25.4 Å². The third-order valence-electron chi connectivity index (χ3n) is 0.827. The fourth-order valence-electron chi connectivity index (χ4n) is 0.510. The second-order valence-corrected chi connectivity index (χ2v) is 1.32. The minimum Gasteiger partial charge on any atom is -0.400 e. The molecule has 0 radical (unpaired) electrons. The topological polar surface area (TPSA) is 29.5 Å². The average molecular weight is 262 g/mol. The lowest BCUT2D eigenvalue weighted by Crippen LogP contribution is -1.74. The number of halogens is 1. The van der Waals surface area contributed by atoms with Gasteiger partial charge in [0.25, 0.3) is 0 Å². The molecule has 66 valence electrons. The molecule has 1 saturated heterocycles. The lowest BCUT2D eigenvalue weighted by Gasteiger charge is -1.76. The van der Waals surface area contributed by atoms with Crippen LogP contribution >= 0.6 is 24.0 Å². The highest BCUT2D eigenvalue weighted by molar-refractivity contribution is 14.0. The van der Waals surface area contributed by atoms with Crippen molar-refractivity contribution in [3.8, 4) is 0 Å². The highest BCUT2D eigenvalue weighted by Crippen LogP contribution is 1.98. The molecule has 1 rings (SSSR count). The monoisotopic (exact) mass is 262 g/mol. The highest BCUT2D eigenvalue weighted by Gasteiger charge is 1.94. The van der Waals surface area contributed by atoms with E-state index in [0.29, 0.717) is 0 Å². The molecule has 0 bridgehead atoms. The van der Waals surface area contributed by atoms with E-state index in [9.17, 15) is 0 Å². The summed E-state index contributed by atoms with van der Waals surface area (Å²) in [4.78, 5) is 0. The van der Waals surface area contributed by atoms with Crippen LogP contribution in [0.3, 0.4) is 0 Å². The van der Waals surface area contributed by atoms with Crippen molar-refractivity contribution in [2.45, 2.75) is 26.7 Å². The van der Waals surface area contributed by atoms with E-state index in [4.69, 9.17) is 9.84 Å². The molecular weight excluding hydrogens is 243 g/mol. The second kappa shape index (κ2) is 22.6. The van der Waals surface area contributed by atoms with Gasteiger partial charge in [-0.05, 0) is 12.8 Å². The van der Waals surface area contributed by atoms with Crippen molar-refractivity contribution in [3.05, 3.63) is 0 Å². The molecule has 0 atom stereocenters. The fourth-order valence-corrected chi connectivity index (χ4v) is 0.510. The van der Waals surface area contributed by atoms with Gasteiger partial charge in [0, 0.05) is 20.3 Å². The first-order valence-electron chi connectivity index (χ1n) is 3.52. The molecule has 0 amide bonds. The molecule has 1 aliphatic rings. The molecule has 2 nitrogen and oxygen atoms in total. The van der Waals surface area contributed by atoms with Gasteiger partial charge in [0.15, 0.2) is 0 Å². The summed E-state index contributed by atoms with van der Waals surface area (Å²) >= 11 is 0. The summed E-state index contributed by atoms with van der Waals surface area (Å²) in [5.41, 5.74) is 0. The van der Waals surface area contributed by atoms with Gasteiger partial charge in [0.2, 0.25) is 0 Å². The smallest absolute Gasteiger partial charge is 0.0466 e. The van der Waals surface area contributed by atoms with E-state index in [1.165, 1.54) is 12.8 Å². The van der Waals surface area contributed by atoms with E-state index in [-0.39, 0.29) is 24.0 Å². The summed E-state index contributed by atoms with van der Waals surface area (Å²) in [6.45, 7) is 6.00. The number of hydrogen-bond acceptors (Lipinski definition) is 2. The molecule has 1 N–H and O–H groups in total. The standard InChI is InChI=1S/C4H8O.C2H6.CH4O.HI/c1-2-4-5-3-1;2*1-2;/h1-4H2;1-2H3;2H,1H3;1H. The predicted octanol–water partition coefficient (Wildman–Crippen LogP) is 2.05. The van der Waals surface area contributed by atoms with Crippen molar-refractivity contribution in [1.29, 1.82) is 0 Å². The molecule has 0 spiro atoms. The first kappa shape index (κ1) is 16.9. The molecular formula is C7H19IO2. The molecule has 0 aromatic rings. The molecule has 0 unspecified atom stereocenters. The van der Waals surface area contributed by atoms with Crippen LogP contribution in [0.15, 0.2) is 0 Å². The number of aliphatic hydroxyl groups excluding tert-OH is 1. The minimum atomic E-state index is 0. The van der Waals surface area contributed by atoms with Crippen LogP contribution in [0.1, 0.15) is 26.7 Å². The average Bonchev–Trinajstić information content (AvgIpc) is 2.51. The van der Waals surface area contributed by atoms with Gasteiger partial charge in [-0.3, -0.25) is 0 Å². The molecule has 1 heterocycles. The van der Waals surface area contributed by atoms with Gasteiger partial charge in [0.05, 0.1) is 0 Å². The largest absolute Gasteiger partial charge is 0.400 e. The van der Waals surface area contributed by atoms with Crippen LogP contribution in [0.25, 0.3) is 0 Å². The molecule has 1 fully saturated rings. The maximum atomic E-state index is 7.00. The van der Waals surface area contributed by atoms with Crippen LogP contribution < -0.4 is 0 Å². The van der Waals surface area contributed by atoms with Gasteiger partial charge >= 0.3 is 0 Å². The summed E-state index contributed by atoms with van der Waals surface area (Å²) in [5, 5.41) is 7.00. The minimum absolute atomic E-state index is 0. The second-order valence-electron chi connectivity index (χ2n) is 1.32. The number of aliphatic hydroxyl groups is 1. The maximum Gasteiger partial charge on any atom is 0.0466 e. The van der Waals surface area contributed by atoms with Crippen molar-refractivity contribution in [3.63, 3.8) is 0 Å². The lowest BCUT2D eigenvalue weighted by atomic mass is 10.4. The molecule has 1 aliphatic heterocycles. The molecule has 0 saturated carbocycles. The van der Waals surface area contributed by atoms with Crippen molar-refractivity contribution < 1.29 is 9.84 Å². The van der Waals surface area contributed by atoms with Crippen molar-refractivity contribution >= 4 is 24.0 Å². The molecule has 10 heavy (non-hydrogen) atoms. The van der Waals surface area contributed by atoms with E-state index in [1.54, 1.807) is 0 Å². The SMILES string of the molecule is C1CCOC1.CC.CO.I. The van der Waals surface area contributed by atoms with E-state index in [1.807, 2.05) is 13.8 Å². The zero-order chi connectivity index (χ0) is 7.54. The summed E-state index contributed by atoms with van der Waals surface area (Å²) in [5.74, 6) is 0. The Morgan fingerprint density at radius 1 is 1.00 bits per heavy atom. The van der Waals surface area contributed by atoms with Gasteiger partial charge in [-0.15, -0.1) is 24.0 Å². The third kappa shape index (κ3) is 15.9. The molecule has 0 aromatic carbocycles. The zero-order valence-electron chi connectivity index (χ0n) is 7.09. The Bertz CT molecular complexity index is 23.2. The van der Waals surface area contributed by atoms with Gasteiger partial charge in [-0.2, -0.15) is 0 Å². The highest BCUT2D eigenvalue weighted by atomic mass is 127. The number of hydrogen-bond donors (Lipinski definition) is 1. The third-order valence-corrected chi connectivity index (χ3v) is 0.827. The normalized spacial score (nSPS) is 13.2. The molecule has 0 aliphatic carbocycles. The Kier molecular flexibility index (Phi) is 38.3. The summed E-state index contributed by atoms with van der Waals surface area (Å²) in [6.07, 6.45) is 2.56. The van der Waals surface area contributed by atoms with E-state index in [2.05, 4.69) is 0 Å². The van der Waals surface area contributed by atoms with Gasteiger partial charge in [-0.25, -0.2) is 0 Å². The van der Waals surface area contributed by atoms with Gasteiger partial charge < -0.3 is 9.84 Å². The van der Waals surface area contributed by atoms with E-state index in [0.717, 1.165) is 20.3 Å². The quantitative estimate of drug-likeness (QED) is 0.677. The fraction of sp³-hybridized carbons (Fsp3) is 1.00. The van der Waals surface area contributed by atoms with E-state index < -0.39 is 0 Å². The predicted molar refractivity (Wildman–Crippen MR) is 55.0 cm³/mol. The van der Waals surface area contributed by atoms with Crippen molar-refractivity contribution in [2.24, 2.45) is 0 Å². The van der Waals surface area contributed by atoms with Crippen LogP contribution in [0.2, 0.25) is 0 Å². The Hall–Kier alpha value is 0.650. The van der Waals surface area contributed by atoms with Crippen LogP contribution in [-0.2, 0) is 4.74 Å². The lowest BCUT2D eigenvalue weighted by molar-refractivity contribution is 0.198. The Morgan fingerprint density at radius 3 is 1.40 bits per heavy atom. The molecule has 0 aromatic heterocycles. The van der Waals surface area contributed by atoms with Gasteiger partial charge in [0.1, 0.15) is 0 Å². The van der Waals surface area contributed by atoms with Crippen LogP contribution in [0.4, 0.5) is 0 Å². The number of ether oxygens (including phenoxy) is 1. The summed E-state index contributed by atoms with van der Waals surface area (Å²) in [7, 11) is 1.00. The van der Waals surface area contributed by atoms with Crippen molar-refractivity contribution in [1.82, 2.24) is 0 Å². The van der Waals surface area contributed by atoms with Crippen LogP contribution in [0, 0.1) is 0 Å². The van der Waals surface area contributed by atoms with Crippen LogP contribution in [0.5, 0.6) is 0 Å². The first-order valence-corrected chi connectivity index (χ1v) is 3.52. The zero-order valence-corrected chi connectivity index (χ0v) is 9.42. The Morgan fingerprint density at radius 2 is 1.30 bits per heavy atom. The first-order chi connectivity index (χ1) is 4.50. The molecule has 3 heteroatoms. The summed E-state index contributed by atoms with van der Waals surface area (Å²) < 4.78 is 4.94. The summed E-state index contributed by atoms with van der Waals surface area (Å²) in [6, 6.07) is 0. The number of rotatable bonds is 0. The van der Waals surface area contributed by atoms with Crippen molar-refractivity contribution in [2.75, 3.05) is 20.3 Å². The van der Waals surface area contributed by atoms with Gasteiger partial charge in [-0.1, -0.05) is 13.8 Å². The Labute approximate surface area is 81.0 Å². The maximum absolute atomic E-state index is 7.00.